The van der Waals surface area contributed by atoms with Crippen LogP contribution < -0.4 is 15.5 Å². The molecule has 1 unspecified atom stereocenters. The largest absolute Gasteiger partial charge is 0.322 e. The lowest BCUT2D eigenvalue weighted by molar-refractivity contribution is -0.862. The molecule has 3 N–H and O–H groups in total. The second-order valence-electron chi connectivity index (χ2n) is 6.67. The zero-order valence-corrected chi connectivity index (χ0v) is 16.8. The van der Waals surface area contributed by atoms with Crippen LogP contribution in [0.2, 0.25) is 0 Å². The fraction of sp³-hybridized carbons (Fsp3) is 0.182. The number of hydrogen-bond acceptors (Lipinski definition) is 3. The smallest absolute Gasteiger partial charge is 0.279 e. The quantitative estimate of drug-likeness (QED) is 0.540. The van der Waals surface area contributed by atoms with E-state index in [0.717, 1.165) is 31.9 Å². The first-order valence-electron chi connectivity index (χ1n) is 9.08. The third-order valence-corrected chi connectivity index (χ3v) is 5.13. The van der Waals surface area contributed by atoms with Crippen LogP contribution in [0.1, 0.15) is 0 Å². The summed E-state index contributed by atoms with van der Waals surface area (Å²) in [6.07, 6.45) is 1.97. The van der Waals surface area contributed by atoms with Crippen LogP contribution in [0, 0.1) is 0 Å². The summed E-state index contributed by atoms with van der Waals surface area (Å²) in [4.78, 5) is 26.5. The van der Waals surface area contributed by atoms with Crippen LogP contribution in [-0.2, 0) is 9.59 Å². The van der Waals surface area contributed by atoms with Crippen molar-refractivity contribution in [1.29, 1.82) is 0 Å². The van der Waals surface area contributed by atoms with Gasteiger partial charge >= 0.3 is 0 Å². The first-order valence-corrected chi connectivity index (χ1v) is 10.3. The van der Waals surface area contributed by atoms with E-state index in [1.807, 2.05) is 80.0 Å². The maximum Gasteiger partial charge on any atom is 0.279 e. The molecule has 0 saturated carbocycles. The Hall–Kier alpha value is -2.83. The number of amides is 2. The molecule has 2 amide bonds. The van der Waals surface area contributed by atoms with Crippen molar-refractivity contribution in [2.75, 3.05) is 37.0 Å². The predicted octanol–water partition coefficient (Wildman–Crippen LogP) is 2.65. The summed E-state index contributed by atoms with van der Waals surface area (Å²) >= 11 is 1.58. The second-order valence-corrected chi connectivity index (χ2v) is 7.52. The molecule has 0 spiro atoms. The molecular formula is C22H24N3O2S+. The van der Waals surface area contributed by atoms with Crippen molar-refractivity contribution in [2.45, 2.75) is 4.90 Å². The standard InChI is InChI=1S/C22H23N3O2S/c1-25(15-22(27)24-19-9-5-6-10-20(19)28-2)14-21(26)23-18-12-11-16-7-3-4-8-17(16)13-18/h3-13H,14-15H2,1-2H3,(H,23,26)(H,24,27)/p+1. The summed E-state index contributed by atoms with van der Waals surface area (Å²) in [5.41, 5.74) is 1.56. The number of carbonyl (C=O) groups is 2. The Balaban J connectivity index is 1.52. The third-order valence-electron chi connectivity index (χ3n) is 4.34. The van der Waals surface area contributed by atoms with E-state index in [2.05, 4.69) is 10.6 Å². The van der Waals surface area contributed by atoms with Crippen LogP contribution in [0.25, 0.3) is 10.8 Å². The summed E-state index contributed by atoms with van der Waals surface area (Å²) in [6, 6.07) is 21.5. The number of quaternary nitrogens is 1. The Morgan fingerprint density at radius 2 is 1.50 bits per heavy atom. The molecule has 144 valence electrons. The fourth-order valence-corrected chi connectivity index (χ4v) is 3.58. The summed E-state index contributed by atoms with van der Waals surface area (Å²) in [5, 5.41) is 8.04. The molecule has 0 fully saturated rings. The van der Waals surface area contributed by atoms with Gasteiger partial charge in [0.2, 0.25) is 0 Å². The Morgan fingerprint density at radius 1 is 0.857 bits per heavy atom. The number of rotatable bonds is 7. The zero-order chi connectivity index (χ0) is 19.9. The van der Waals surface area contributed by atoms with Crippen LogP contribution in [0.5, 0.6) is 0 Å². The SMILES string of the molecule is CSc1ccccc1NC(=O)C[NH+](C)CC(=O)Nc1ccc2ccccc2c1. The van der Waals surface area contributed by atoms with E-state index < -0.39 is 0 Å². The first kappa shape index (κ1) is 19.9. The van der Waals surface area contributed by atoms with Crippen molar-refractivity contribution in [3.05, 3.63) is 66.7 Å². The van der Waals surface area contributed by atoms with Gasteiger partial charge in [-0.15, -0.1) is 11.8 Å². The lowest BCUT2D eigenvalue weighted by Crippen LogP contribution is -3.11. The average molecular weight is 395 g/mol. The maximum absolute atomic E-state index is 12.3. The monoisotopic (exact) mass is 394 g/mol. The van der Waals surface area contributed by atoms with Gasteiger partial charge in [0.15, 0.2) is 13.1 Å². The lowest BCUT2D eigenvalue weighted by atomic mass is 10.1. The lowest BCUT2D eigenvalue weighted by Gasteiger charge is -2.15. The average Bonchev–Trinajstić information content (AvgIpc) is 2.68. The van der Waals surface area contributed by atoms with E-state index >= 15 is 0 Å². The van der Waals surface area contributed by atoms with Crippen LogP contribution in [0.15, 0.2) is 71.6 Å². The molecule has 6 heteroatoms. The zero-order valence-electron chi connectivity index (χ0n) is 16.0. The summed E-state index contributed by atoms with van der Waals surface area (Å²) in [7, 11) is 1.83. The molecule has 5 nitrogen and oxygen atoms in total. The van der Waals surface area contributed by atoms with E-state index in [9.17, 15) is 9.59 Å². The predicted molar refractivity (Wildman–Crippen MR) is 116 cm³/mol. The molecule has 0 bridgehead atoms. The molecule has 28 heavy (non-hydrogen) atoms. The molecule has 0 aliphatic carbocycles. The minimum absolute atomic E-state index is 0.113. The highest BCUT2D eigenvalue weighted by Crippen LogP contribution is 2.24. The number of benzene rings is 3. The molecular weight excluding hydrogens is 370 g/mol. The van der Waals surface area contributed by atoms with Gasteiger partial charge in [0, 0.05) is 10.6 Å². The van der Waals surface area contributed by atoms with E-state index in [0.29, 0.717) is 0 Å². The summed E-state index contributed by atoms with van der Waals surface area (Å²) in [5.74, 6) is -0.234. The minimum Gasteiger partial charge on any atom is -0.322 e. The molecule has 0 aliphatic heterocycles. The third kappa shape index (κ3) is 5.34. The Kier molecular flexibility index (Phi) is 6.68. The number of likely N-dealkylation sites (N-methyl/N-ethyl adjacent to an activating group) is 1. The van der Waals surface area contributed by atoms with Gasteiger partial charge in [-0.2, -0.15) is 0 Å². The number of anilines is 2. The summed E-state index contributed by atoms with van der Waals surface area (Å²) in [6.45, 7) is 0.429. The van der Waals surface area contributed by atoms with Crippen molar-refractivity contribution in [3.63, 3.8) is 0 Å². The first-order chi connectivity index (χ1) is 13.5. The van der Waals surface area contributed by atoms with Gasteiger partial charge in [-0.25, -0.2) is 0 Å². The van der Waals surface area contributed by atoms with Gasteiger partial charge in [0.05, 0.1) is 12.7 Å². The van der Waals surface area contributed by atoms with E-state index in [1.54, 1.807) is 11.8 Å². The fourth-order valence-electron chi connectivity index (χ4n) is 3.03. The molecule has 3 aromatic carbocycles. The number of thioether (sulfide) groups is 1. The Labute approximate surface area is 169 Å². The molecule has 3 rings (SSSR count). The highest BCUT2D eigenvalue weighted by atomic mass is 32.2. The van der Waals surface area contributed by atoms with Crippen molar-refractivity contribution in [3.8, 4) is 0 Å². The van der Waals surface area contributed by atoms with Gasteiger partial charge in [-0.05, 0) is 41.3 Å². The van der Waals surface area contributed by atoms with Crippen molar-refractivity contribution in [1.82, 2.24) is 0 Å². The van der Waals surface area contributed by atoms with Crippen molar-refractivity contribution >= 4 is 45.7 Å². The topological polar surface area (TPSA) is 62.6 Å². The van der Waals surface area contributed by atoms with E-state index in [4.69, 9.17) is 0 Å². The molecule has 0 aliphatic rings. The number of carbonyl (C=O) groups excluding carboxylic acids is 2. The molecule has 0 aromatic heterocycles. The van der Waals surface area contributed by atoms with Crippen LogP contribution >= 0.6 is 11.8 Å². The Morgan fingerprint density at radius 3 is 2.25 bits per heavy atom. The number of nitrogens with one attached hydrogen (secondary N) is 3. The molecule has 1 atom stereocenters. The number of fused-ring (bicyclic) bond motifs is 1. The van der Waals surface area contributed by atoms with Crippen LogP contribution in [-0.4, -0.2) is 38.2 Å². The molecule has 0 heterocycles. The van der Waals surface area contributed by atoms with Crippen LogP contribution in [0.3, 0.4) is 0 Å². The highest BCUT2D eigenvalue weighted by Gasteiger charge is 2.15. The van der Waals surface area contributed by atoms with E-state index in [1.165, 1.54) is 0 Å². The highest BCUT2D eigenvalue weighted by molar-refractivity contribution is 7.98. The van der Waals surface area contributed by atoms with Gasteiger partial charge in [-0.1, -0.05) is 42.5 Å². The van der Waals surface area contributed by atoms with Gasteiger partial charge in [0.25, 0.3) is 11.8 Å². The number of para-hydroxylation sites is 1. The maximum atomic E-state index is 12.3. The van der Waals surface area contributed by atoms with E-state index in [-0.39, 0.29) is 24.9 Å². The normalized spacial score (nSPS) is 11.8. The minimum atomic E-state index is -0.120. The molecule has 0 radical (unpaired) electrons. The second kappa shape index (κ2) is 9.39. The Bertz CT molecular complexity index is 990. The summed E-state index contributed by atoms with van der Waals surface area (Å²) < 4.78 is 0. The van der Waals surface area contributed by atoms with Gasteiger partial charge in [-0.3, -0.25) is 9.59 Å². The molecule has 0 saturated heterocycles. The van der Waals surface area contributed by atoms with Crippen LogP contribution in [0.4, 0.5) is 11.4 Å². The van der Waals surface area contributed by atoms with Gasteiger partial charge < -0.3 is 15.5 Å². The van der Waals surface area contributed by atoms with Gasteiger partial charge in [0.1, 0.15) is 0 Å². The number of hydrogen-bond donors (Lipinski definition) is 3. The molecule has 3 aromatic rings. The van der Waals surface area contributed by atoms with Crippen molar-refractivity contribution < 1.29 is 14.5 Å². The van der Waals surface area contributed by atoms with Crippen molar-refractivity contribution in [2.24, 2.45) is 0 Å².